The van der Waals surface area contributed by atoms with E-state index in [9.17, 15) is 4.57 Å². The monoisotopic (exact) mass is 132 g/mol. The molecule has 0 radical (unpaired) electrons. The van der Waals surface area contributed by atoms with E-state index in [1.807, 2.05) is 0 Å². The fourth-order valence-electron chi connectivity index (χ4n) is 0.310. The maximum atomic E-state index is 10.1. The zero-order chi connectivity index (χ0) is 5.98. The van der Waals surface area contributed by atoms with Crippen molar-refractivity contribution in [2.75, 3.05) is 0 Å². The second-order valence-corrected chi connectivity index (χ2v) is 2.02. The van der Waals surface area contributed by atoms with Gasteiger partial charge < -0.3 is 4.42 Å². The zero-order valence-corrected chi connectivity index (χ0v) is 4.71. The molecule has 1 unspecified atom stereocenters. The molecular weight excluding hydrogens is 129 g/mol. The van der Waals surface area contributed by atoms with E-state index in [1.54, 1.807) is 0 Å². The lowest BCUT2D eigenvalue weighted by molar-refractivity contribution is 0.495. The van der Waals surface area contributed by atoms with Crippen LogP contribution in [-0.4, -0.2) is 9.88 Å². The van der Waals surface area contributed by atoms with Gasteiger partial charge in [-0.1, -0.05) is 0 Å². The summed E-state index contributed by atoms with van der Waals surface area (Å²) in [4.78, 5) is 11.7. The second kappa shape index (κ2) is 2.03. The average Bonchev–Trinajstić information content (AvgIpc) is 2.12. The molecule has 0 aliphatic rings. The van der Waals surface area contributed by atoms with E-state index in [4.69, 9.17) is 4.89 Å². The summed E-state index contributed by atoms with van der Waals surface area (Å²) >= 11 is 0. The summed E-state index contributed by atoms with van der Waals surface area (Å²) in [7, 11) is -2.39. The summed E-state index contributed by atoms with van der Waals surface area (Å²) in [5.74, 6) is 0. The lowest BCUT2D eigenvalue weighted by Crippen LogP contribution is -1.92. The van der Waals surface area contributed by atoms with Crippen LogP contribution in [-0.2, 0) is 4.57 Å². The van der Waals surface area contributed by atoms with Gasteiger partial charge in [0.2, 0.25) is 0 Å². The van der Waals surface area contributed by atoms with Crippen molar-refractivity contribution in [2.45, 2.75) is 0 Å². The predicted molar refractivity (Wildman–Crippen MR) is 26.0 cm³/mol. The standard InChI is InChI=1S/C3H2NO3P/c5-8(6)3-4-1-2-7-3/h1-2H/p+1. The molecule has 42 valence electrons. The lowest BCUT2D eigenvalue weighted by atomic mass is 11.0. The maximum Gasteiger partial charge on any atom is 0.608 e. The van der Waals surface area contributed by atoms with Crippen LogP contribution >= 0.6 is 8.03 Å². The molecule has 1 heterocycles. The largest absolute Gasteiger partial charge is 0.608 e. The lowest BCUT2D eigenvalue weighted by Gasteiger charge is -1.61. The maximum absolute atomic E-state index is 10.1. The van der Waals surface area contributed by atoms with Crippen LogP contribution in [0, 0.1) is 0 Å². The molecule has 0 aliphatic heterocycles. The van der Waals surface area contributed by atoms with E-state index >= 15 is 0 Å². The van der Waals surface area contributed by atoms with Crippen molar-refractivity contribution >= 4 is 13.7 Å². The normalized spacial score (nSPS) is 11.4. The predicted octanol–water partition coefficient (Wildman–Crippen LogP) is 0.0346. The van der Waals surface area contributed by atoms with Crippen molar-refractivity contribution in [3.05, 3.63) is 12.5 Å². The number of nitrogens with zero attached hydrogens (tertiary/aromatic N) is 1. The van der Waals surface area contributed by atoms with Gasteiger partial charge in [-0.15, -0.1) is 0 Å². The first kappa shape index (κ1) is 5.41. The molecule has 0 bridgehead atoms. The molecule has 0 fully saturated rings. The molecule has 0 aliphatic carbocycles. The van der Waals surface area contributed by atoms with Gasteiger partial charge in [0.1, 0.15) is 6.26 Å². The van der Waals surface area contributed by atoms with Gasteiger partial charge in [-0.05, 0) is 4.57 Å². The summed E-state index contributed by atoms with van der Waals surface area (Å²) in [5.41, 5.74) is -0.125. The second-order valence-electron chi connectivity index (χ2n) is 1.09. The van der Waals surface area contributed by atoms with Gasteiger partial charge in [0, 0.05) is 0 Å². The Hall–Kier alpha value is -0.730. The van der Waals surface area contributed by atoms with Crippen LogP contribution in [0.1, 0.15) is 0 Å². The van der Waals surface area contributed by atoms with E-state index in [1.165, 1.54) is 12.5 Å². The minimum atomic E-state index is -2.39. The van der Waals surface area contributed by atoms with Gasteiger partial charge in [0.25, 0.3) is 0 Å². The zero-order valence-electron chi connectivity index (χ0n) is 3.81. The molecule has 1 aromatic rings. The molecule has 1 atom stereocenters. The number of aromatic nitrogens is 1. The third kappa shape index (κ3) is 0.911. The van der Waals surface area contributed by atoms with Gasteiger partial charge in [-0.2, -0.15) is 9.88 Å². The van der Waals surface area contributed by atoms with Crippen molar-refractivity contribution < 1.29 is 13.9 Å². The van der Waals surface area contributed by atoms with Crippen molar-refractivity contribution in [3.8, 4) is 0 Å². The van der Waals surface area contributed by atoms with Crippen molar-refractivity contribution in [3.63, 3.8) is 0 Å². The van der Waals surface area contributed by atoms with E-state index in [0.717, 1.165) is 0 Å². The minimum absolute atomic E-state index is 0.125. The molecule has 0 saturated carbocycles. The summed E-state index contributed by atoms with van der Waals surface area (Å²) in [6.45, 7) is 0. The van der Waals surface area contributed by atoms with E-state index < -0.39 is 8.03 Å². The van der Waals surface area contributed by atoms with Crippen molar-refractivity contribution in [1.82, 2.24) is 4.98 Å². The molecule has 4 nitrogen and oxygen atoms in total. The van der Waals surface area contributed by atoms with Gasteiger partial charge in [0.15, 0.2) is 0 Å². The summed E-state index contributed by atoms with van der Waals surface area (Å²) < 4.78 is 14.5. The summed E-state index contributed by atoms with van der Waals surface area (Å²) in [6, 6.07) is 0. The van der Waals surface area contributed by atoms with E-state index in [0.29, 0.717) is 0 Å². The summed E-state index contributed by atoms with van der Waals surface area (Å²) in [6.07, 6.45) is 2.57. The topological polar surface area (TPSA) is 63.3 Å². The molecule has 1 N–H and O–H groups in total. The summed E-state index contributed by atoms with van der Waals surface area (Å²) in [5, 5.41) is 0. The Balaban J connectivity index is 2.93. The van der Waals surface area contributed by atoms with Crippen molar-refractivity contribution in [1.29, 1.82) is 0 Å². The Morgan fingerprint density at radius 1 is 1.88 bits per heavy atom. The molecule has 0 saturated heterocycles. The highest BCUT2D eigenvalue weighted by Crippen LogP contribution is 2.08. The number of hydrogen-bond acceptors (Lipinski definition) is 3. The van der Waals surface area contributed by atoms with Crippen LogP contribution in [0.2, 0.25) is 0 Å². The van der Waals surface area contributed by atoms with Crippen LogP contribution in [0.15, 0.2) is 16.9 Å². The van der Waals surface area contributed by atoms with Crippen molar-refractivity contribution in [2.24, 2.45) is 0 Å². The minimum Gasteiger partial charge on any atom is -0.408 e. The first-order valence-corrected chi connectivity index (χ1v) is 3.07. The third-order valence-corrected chi connectivity index (χ3v) is 1.13. The van der Waals surface area contributed by atoms with Crippen LogP contribution in [0.25, 0.3) is 0 Å². The third-order valence-electron chi connectivity index (χ3n) is 0.583. The van der Waals surface area contributed by atoms with Gasteiger partial charge >= 0.3 is 13.7 Å². The van der Waals surface area contributed by atoms with E-state index in [2.05, 4.69) is 9.40 Å². The number of rotatable bonds is 1. The molecule has 0 spiro atoms. The first-order chi connectivity index (χ1) is 3.80. The van der Waals surface area contributed by atoms with Crippen LogP contribution in [0.4, 0.5) is 0 Å². The molecule has 1 aromatic heterocycles. The smallest absolute Gasteiger partial charge is 0.408 e. The molecule has 1 rings (SSSR count). The van der Waals surface area contributed by atoms with E-state index in [-0.39, 0.29) is 5.63 Å². The fourth-order valence-corrected chi connectivity index (χ4v) is 0.627. The molecule has 0 aromatic carbocycles. The molecule has 5 heteroatoms. The van der Waals surface area contributed by atoms with Crippen LogP contribution in [0.3, 0.4) is 0 Å². The Labute approximate surface area is 46.0 Å². The van der Waals surface area contributed by atoms with Crippen LogP contribution in [0.5, 0.6) is 0 Å². The molecule has 0 amide bonds. The molecular formula is C3H3NO3P+. The first-order valence-electron chi connectivity index (χ1n) is 1.86. The Morgan fingerprint density at radius 3 is 2.88 bits per heavy atom. The highest BCUT2D eigenvalue weighted by atomic mass is 31.1. The fraction of sp³-hybridized carbons (Fsp3) is 0. The van der Waals surface area contributed by atoms with Gasteiger partial charge in [0.05, 0.1) is 6.20 Å². The van der Waals surface area contributed by atoms with Gasteiger partial charge in [-0.25, -0.2) is 0 Å². The SMILES string of the molecule is O=[P+](O)c1ncco1. The quantitative estimate of drug-likeness (QED) is 0.547. The number of oxazole rings is 1. The Morgan fingerprint density at radius 2 is 2.62 bits per heavy atom. The number of hydrogen-bond donors (Lipinski definition) is 1. The Kier molecular flexibility index (Phi) is 1.37. The average molecular weight is 132 g/mol. The Bertz CT molecular complexity index is 182. The van der Waals surface area contributed by atoms with Crippen LogP contribution < -0.4 is 5.63 Å². The highest BCUT2D eigenvalue weighted by molar-refractivity contribution is 7.46. The molecule has 8 heavy (non-hydrogen) atoms. The highest BCUT2D eigenvalue weighted by Gasteiger charge is 2.21. The van der Waals surface area contributed by atoms with Gasteiger partial charge in [-0.3, -0.25) is 0 Å².